The number of carbonyl (C=O) groups excluding carboxylic acids is 1. The normalized spacial score (nSPS) is 15.5. The Morgan fingerprint density at radius 3 is 2.84 bits per heavy atom. The first-order valence-corrected chi connectivity index (χ1v) is 14.3. The lowest BCUT2D eigenvalue weighted by Crippen LogP contribution is -2.15. The van der Waals surface area contributed by atoms with E-state index >= 15 is 0 Å². The molecule has 2 aromatic heterocycles. The van der Waals surface area contributed by atoms with Crippen LogP contribution in [0.2, 0.25) is 5.02 Å². The number of carbonyl (C=O) groups is 1. The van der Waals surface area contributed by atoms with Crippen LogP contribution < -0.4 is 10.1 Å². The predicted octanol–water partition coefficient (Wildman–Crippen LogP) is 6.66. The number of allylic oxidation sites excluding steroid dienone is 1. The zero-order valence-corrected chi connectivity index (χ0v) is 23.8. The van der Waals surface area contributed by atoms with Crippen LogP contribution in [0.4, 0.5) is 5.00 Å². The van der Waals surface area contributed by atoms with Gasteiger partial charge in [-0.05, 0) is 74.8 Å². The first-order chi connectivity index (χ1) is 17.7. The van der Waals surface area contributed by atoms with E-state index in [1.54, 1.807) is 6.08 Å². The van der Waals surface area contributed by atoms with Crippen molar-refractivity contribution in [3.8, 4) is 11.8 Å². The molecule has 0 spiro atoms. The predicted molar refractivity (Wildman–Crippen MR) is 150 cm³/mol. The molecule has 2 heterocycles. The molecule has 0 bridgehead atoms. The van der Waals surface area contributed by atoms with Gasteiger partial charge in [0.15, 0.2) is 17.1 Å². The molecule has 1 amide bonds. The number of nitrogens with zero attached hydrogens (tertiary/aromatic N) is 4. The zero-order valence-electron chi connectivity index (χ0n) is 21.4. The Hall–Kier alpha value is -2.80. The Kier molecular flexibility index (Phi) is 8.63. The van der Waals surface area contributed by atoms with E-state index in [-0.39, 0.29) is 17.8 Å². The van der Waals surface area contributed by atoms with Crippen LogP contribution in [0.25, 0.3) is 0 Å². The number of ether oxygens (including phenoxy) is 1. The van der Waals surface area contributed by atoms with Gasteiger partial charge in [0.05, 0.1) is 11.3 Å². The molecule has 1 aliphatic carbocycles. The third-order valence-electron chi connectivity index (χ3n) is 6.35. The second-order valence-corrected chi connectivity index (χ2v) is 11.8. The molecule has 37 heavy (non-hydrogen) atoms. The molecule has 1 aliphatic rings. The minimum Gasteiger partial charge on any atom is -0.483 e. The second kappa shape index (κ2) is 11.7. The molecule has 1 aromatic carbocycles. The van der Waals surface area contributed by atoms with E-state index in [0.717, 1.165) is 41.0 Å². The van der Waals surface area contributed by atoms with Crippen LogP contribution in [-0.2, 0) is 24.2 Å². The molecule has 0 radical (unpaired) electrons. The van der Waals surface area contributed by atoms with Crippen LogP contribution in [-0.4, -0.2) is 26.4 Å². The molecular formula is C27H30ClN5O2S2. The van der Waals surface area contributed by atoms with Crippen LogP contribution >= 0.6 is 34.7 Å². The molecule has 0 saturated heterocycles. The lowest BCUT2D eigenvalue weighted by molar-refractivity contribution is -0.113. The van der Waals surface area contributed by atoms with E-state index in [1.165, 1.54) is 28.0 Å². The maximum absolute atomic E-state index is 12.8. The van der Waals surface area contributed by atoms with Gasteiger partial charge in [-0.15, -0.1) is 28.1 Å². The summed E-state index contributed by atoms with van der Waals surface area (Å²) in [6, 6.07) is 6.10. The van der Waals surface area contributed by atoms with Gasteiger partial charge in [-0.2, -0.15) is 5.26 Å². The van der Waals surface area contributed by atoms with Crippen molar-refractivity contribution < 1.29 is 9.53 Å². The van der Waals surface area contributed by atoms with Crippen LogP contribution in [0.1, 0.15) is 59.3 Å². The molecule has 2 unspecified atom stereocenters. The Balaban J connectivity index is 1.45. The highest BCUT2D eigenvalue weighted by Crippen LogP contribution is 2.39. The van der Waals surface area contributed by atoms with Gasteiger partial charge in [0.1, 0.15) is 16.8 Å². The summed E-state index contributed by atoms with van der Waals surface area (Å²) >= 11 is 9.11. The number of amides is 1. The van der Waals surface area contributed by atoms with Crippen LogP contribution in [0.5, 0.6) is 5.75 Å². The fraction of sp³-hybridized carbons (Fsp3) is 0.407. The maximum atomic E-state index is 12.8. The quantitative estimate of drug-likeness (QED) is 0.234. The molecule has 0 saturated carbocycles. The number of benzene rings is 1. The third-order valence-corrected chi connectivity index (χ3v) is 9.09. The van der Waals surface area contributed by atoms with E-state index in [1.807, 2.05) is 37.5 Å². The van der Waals surface area contributed by atoms with E-state index in [9.17, 15) is 10.1 Å². The molecule has 3 aromatic rings. The van der Waals surface area contributed by atoms with E-state index in [0.29, 0.717) is 39.8 Å². The molecule has 194 valence electrons. The topological polar surface area (TPSA) is 92.8 Å². The number of nitriles is 1. The smallest absolute Gasteiger partial charge is 0.235 e. The summed E-state index contributed by atoms with van der Waals surface area (Å²) in [5.74, 6) is 1.90. The second-order valence-electron chi connectivity index (χ2n) is 9.38. The van der Waals surface area contributed by atoms with Gasteiger partial charge in [0.2, 0.25) is 5.91 Å². The number of aromatic nitrogens is 3. The van der Waals surface area contributed by atoms with Crippen LogP contribution in [0, 0.1) is 31.1 Å². The molecule has 10 heteroatoms. The molecular weight excluding hydrogens is 526 g/mol. The van der Waals surface area contributed by atoms with Crippen LogP contribution in [0.15, 0.2) is 29.9 Å². The number of anilines is 1. The highest BCUT2D eigenvalue weighted by molar-refractivity contribution is 7.99. The fourth-order valence-corrected chi connectivity index (χ4v) is 6.73. The Morgan fingerprint density at radius 2 is 2.16 bits per heavy atom. The lowest BCUT2D eigenvalue weighted by atomic mass is 9.89. The molecule has 0 fully saturated rings. The number of nitrogens with one attached hydrogen (secondary N) is 1. The number of hydrogen-bond donors (Lipinski definition) is 1. The van der Waals surface area contributed by atoms with E-state index < -0.39 is 0 Å². The Bertz CT molecular complexity index is 1350. The molecule has 0 aliphatic heterocycles. The summed E-state index contributed by atoms with van der Waals surface area (Å²) in [6.45, 7) is 12.3. The van der Waals surface area contributed by atoms with Crippen LogP contribution in [0.3, 0.4) is 0 Å². The van der Waals surface area contributed by atoms with Gasteiger partial charge in [-0.1, -0.05) is 36.4 Å². The van der Waals surface area contributed by atoms with Gasteiger partial charge >= 0.3 is 0 Å². The number of thiophene rings is 1. The highest BCUT2D eigenvalue weighted by Gasteiger charge is 2.25. The summed E-state index contributed by atoms with van der Waals surface area (Å²) < 4.78 is 8.06. The van der Waals surface area contributed by atoms with Crippen molar-refractivity contribution in [3.63, 3.8) is 0 Å². The average molecular weight is 556 g/mol. The van der Waals surface area contributed by atoms with E-state index in [4.69, 9.17) is 16.3 Å². The number of thioether (sulfide) groups is 1. The van der Waals surface area contributed by atoms with Crippen molar-refractivity contribution >= 4 is 45.6 Å². The van der Waals surface area contributed by atoms with Crippen molar-refractivity contribution in [2.45, 2.75) is 64.8 Å². The number of hydrogen-bond acceptors (Lipinski definition) is 7. The summed E-state index contributed by atoms with van der Waals surface area (Å²) in [5.41, 5.74) is 3.60. The summed E-state index contributed by atoms with van der Waals surface area (Å²) in [4.78, 5) is 14.0. The van der Waals surface area contributed by atoms with Gasteiger partial charge < -0.3 is 10.1 Å². The largest absolute Gasteiger partial charge is 0.483 e. The minimum absolute atomic E-state index is 0.143. The molecule has 7 nitrogen and oxygen atoms in total. The SMILES string of the molecule is C=CCn1c(SCC(=O)Nc2sc3c(c2C#N)CCC(C)C3)nnc1C(C)Oc1cc(C)c(Cl)c(C)c1. The number of rotatable bonds is 9. The monoisotopic (exact) mass is 555 g/mol. The van der Waals surface area contributed by atoms with E-state index in [2.05, 4.69) is 35.1 Å². The molecule has 2 atom stereocenters. The minimum atomic E-state index is -0.381. The molecule has 4 rings (SSSR count). The summed E-state index contributed by atoms with van der Waals surface area (Å²) in [5, 5.41) is 23.3. The van der Waals surface area contributed by atoms with Crippen molar-refractivity contribution in [2.24, 2.45) is 5.92 Å². The first-order valence-electron chi connectivity index (χ1n) is 12.2. The highest BCUT2D eigenvalue weighted by atomic mass is 35.5. The number of halogens is 1. The number of fused-ring (bicyclic) bond motifs is 1. The summed E-state index contributed by atoms with van der Waals surface area (Å²) in [6.07, 6.45) is 4.30. The maximum Gasteiger partial charge on any atom is 0.235 e. The van der Waals surface area contributed by atoms with Crippen molar-refractivity contribution in [2.75, 3.05) is 11.1 Å². The van der Waals surface area contributed by atoms with Crippen molar-refractivity contribution in [1.29, 1.82) is 5.26 Å². The third kappa shape index (κ3) is 6.03. The van der Waals surface area contributed by atoms with Crippen molar-refractivity contribution in [1.82, 2.24) is 14.8 Å². The Morgan fingerprint density at radius 1 is 1.43 bits per heavy atom. The fourth-order valence-electron chi connectivity index (χ4n) is 4.49. The van der Waals surface area contributed by atoms with Gasteiger partial charge in [-0.3, -0.25) is 9.36 Å². The van der Waals surface area contributed by atoms with Gasteiger partial charge in [0, 0.05) is 16.4 Å². The molecule has 1 N–H and O–H groups in total. The van der Waals surface area contributed by atoms with Gasteiger partial charge in [-0.25, -0.2) is 0 Å². The number of aryl methyl sites for hydroxylation is 2. The Labute approximate surface area is 230 Å². The average Bonchev–Trinajstić information content (AvgIpc) is 3.41. The van der Waals surface area contributed by atoms with Crippen molar-refractivity contribution in [3.05, 3.63) is 62.8 Å². The lowest BCUT2D eigenvalue weighted by Gasteiger charge is -2.17. The standard InChI is InChI=1S/C27H30ClN5O2S2/c1-6-9-33-25(18(5)35-19-11-16(3)24(28)17(4)12-19)31-32-27(33)36-14-23(34)30-26-21(13-29)20-8-7-15(2)10-22(20)37-26/h6,11-12,15,18H,1,7-10,14H2,2-5H3,(H,30,34). The van der Waals surface area contributed by atoms with Gasteiger partial charge in [0.25, 0.3) is 0 Å². The zero-order chi connectivity index (χ0) is 26.7. The first kappa shape index (κ1) is 27.2. The summed E-state index contributed by atoms with van der Waals surface area (Å²) in [7, 11) is 0.